The number of anilines is 1. The van der Waals surface area contributed by atoms with Gasteiger partial charge in [-0.1, -0.05) is 36.0 Å². The topological polar surface area (TPSA) is 81.0 Å². The molecule has 3 rings (SSSR count). The first-order chi connectivity index (χ1) is 15.4. The van der Waals surface area contributed by atoms with Gasteiger partial charge in [-0.15, -0.1) is 0 Å². The van der Waals surface area contributed by atoms with Gasteiger partial charge in [0.1, 0.15) is 0 Å². The summed E-state index contributed by atoms with van der Waals surface area (Å²) in [5.74, 6) is 1.00. The van der Waals surface area contributed by atoms with Gasteiger partial charge in [0.15, 0.2) is 5.88 Å². The van der Waals surface area contributed by atoms with Crippen molar-refractivity contribution in [3.05, 3.63) is 77.7 Å². The summed E-state index contributed by atoms with van der Waals surface area (Å²) >= 11 is 1.22. The van der Waals surface area contributed by atoms with Crippen LogP contribution in [-0.4, -0.2) is 53.9 Å². The van der Waals surface area contributed by atoms with Gasteiger partial charge in [-0.2, -0.15) is 10.4 Å². The van der Waals surface area contributed by atoms with Crippen LogP contribution in [0.1, 0.15) is 23.1 Å². The Labute approximate surface area is 193 Å². The van der Waals surface area contributed by atoms with Gasteiger partial charge in [-0.25, -0.2) is 5.01 Å². The third-order valence-corrected chi connectivity index (χ3v) is 5.58. The minimum Gasteiger partial charge on any atom is -0.479 e. The predicted molar refractivity (Wildman–Crippen MR) is 129 cm³/mol. The van der Waals surface area contributed by atoms with Gasteiger partial charge in [0.05, 0.1) is 30.5 Å². The zero-order valence-corrected chi connectivity index (χ0v) is 19.2. The molecule has 166 valence electrons. The van der Waals surface area contributed by atoms with Crippen LogP contribution in [0.2, 0.25) is 0 Å². The number of hydrogen-bond acceptors (Lipinski definition) is 7. The highest BCUT2D eigenvalue weighted by atomic mass is 32.2. The van der Waals surface area contributed by atoms with Crippen molar-refractivity contribution in [1.29, 1.82) is 5.26 Å². The fourth-order valence-corrected chi connectivity index (χ4v) is 3.83. The monoisotopic (exact) mass is 449 g/mol. The number of carbonyl (C=O) groups excluding carboxylic acids is 1. The average Bonchev–Trinajstić information content (AvgIpc) is 2.78. The second-order valence-corrected chi connectivity index (χ2v) is 8.53. The Morgan fingerprint density at radius 1 is 1.31 bits per heavy atom. The highest BCUT2D eigenvalue weighted by molar-refractivity contribution is 8.14. The normalized spacial score (nSPS) is 13.5. The molecule has 0 fully saturated rings. The largest absolute Gasteiger partial charge is 0.479 e. The summed E-state index contributed by atoms with van der Waals surface area (Å²) < 4.78 is 5.64. The molecule has 0 radical (unpaired) electrons. The number of nitriles is 1. The first-order valence-corrected chi connectivity index (χ1v) is 11.3. The number of amides is 1. The predicted octanol–water partition coefficient (Wildman–Crippen LogP) is 4.48. The van der Waals surface area contributed by atoms with E-state index in [2.05, 4.69) is 28.0 Å². The van der Waals surface area contributed by atoms with Crippen molar-refractivity contribution >= 4 is 28.4 Å². The van der Waals surface area contributed by atoms with Crippen molar-refractivity contribution in [2.75, 3.05) is 38.3 Å². The Bertz CT molecular complexity index is 1030. The summed E-state index contributed by atoms with van der Waals surface area (Å²) in [5.41, 5.74) is 4.10. The molecule has 2 aromatic carbocycles. The first kappa shape index (κ1) is 23.4. The summed E-state index contributed by atoms with van der Waals surface area (Å²) in [7, 11) is 4.06. The number of benzene rings is 2. The maximum atomic E-state index is 12.4. The number of hydrazone groups is 1. The standard InChI is InChI=1S/C24H27N5O2S/c1-18(31-13-5-12-28(2)3)26-22-7-4-6-20(14-22)16-29-24(30)32-17-23(27-29)21-10-8-19(15-25)9-11-21/h4,6-11,14,26H,1,5,12-13,16-17H2,2-3H3. The molecule has 0 aliphatic carbocycles. The Hall–Kier alpha value is -3.28. The third kappa shape index (κ3) is 6.87. The summed E-state index contributed by atoms with van der Waals surface area (Å²) in [5, 5.41) is 18.1. The lowest BCUT2D eigenvalue weighted by atomic mass is 10.1. The van der Waals surface area contributed by atoms with Gasteiger partial charge >= 0.3 is 5.24 Å². The molecule has 32 heavy (non-hydrogen) atoms. The number of nitrogens with one attached hydrogen (secondary N) is 1. The molecule has 1 aliphatic heterocycles. The lowest BCUT2D eigenvalue weighted by molar-refractivity contribution is 0.202. The molecule has 1 N–H and O–H groups in total. The van der Waals surface area contributed by atoms with Crippen molar-refractivity contribution in [3.8, 4) is 6.07 Å². The van der Waals surface area contributed by atoms with Crippen LogP contribution >= 0.6 is 11.8 Å². The van der Waals surface area contributed by atoms with Crippen molar-refractivity contribution in [1.82, 2.24) is 9.91 Å². The molecular weight excluding hydrogens is 422 g/mol. The number of carbonyl (C=O) groups is 1. The summed E-state index contributed by atoms with van der Waals surface area (Å²) in [6.07, 6.45) is 0.919. The Morgan fingerprint density at radius 3 is 2.81 bits per heavy atom. The molecule has 2 aromatic rings. The van der Waals surface area contributed by atoms with E-state index in [1.54, 1.807) is 12.1 Å². The highest BCUT2D eigenvalue weighted by Crippen LogP contribution is 2.23. The summed E-state index contributed by atoms with van der Waals surface area (Å²) in [6.45, 7) is 5.83. The molecule has 0 saturated carbocycles. The molecule has 0 spiro atoms. The Kier molecular flexibility index (Phi) is 8.31. The van der Waals surface area contributed by atoms with Crippen molar-refractivity contribution in [2.45, 2.75) is 13.0 Å². The summed E-state index contributed by atoms with van der Waals surface area (Å²) in [6, 6.07) is 17.1. The number of rotatable bonds is 10. The van der Waals surface area contributed by atoms with Crippen LogP contribution in [0.4, 0.5) is 10.5 Å². The highest BCUT2D eigenvalue weighted by Gasteiger charge is 2.22. The molecule has 0 bridgehead atoms. The van der Waals surface area contributed by atoms with E-state index in [4.69, 9.17) is 10.00 Å². The van der Waals surface area contributed by atoms with Crippen LogP contribution in [0.3, 0.4) is 0 Å². The Balaban J connectivity index is 1.62. The average molecular weight is 450 g/mol. The zero-order chi connectivity index (χ0) is 22.9. The molecule has 0 aromatic heterocycles. The fraction of sp³-hybridized carbons (Fsp3) is 0.292. The first-order valence-electron chi connectivity index (χ1n) is 10.3. The molecule has 1 amide bonds. The van der Waals surface area contributed by atoms with Crippen LogP contribution in [0, 0.1) is 11.3 Å². The van der Waals surface area contributed by atoms with E-state index in [0.717, 1.165) is 35.5 Å². The van der Waals surface area contributed by atoms with Crippen molar-refractivity contribution in [3.63, 3.8) is 0 Å². The van der Waals surface area contributed by atoms with Gasteiger partial charge in [-0.05, 0) is 62.5 Å². The van der Waals surface area contributed by atoms with Crippen LogP contribution in [-0.2, 0) is 11.3 Å². The maximum Gasteiger partial charge on any atom is 0.302 e. The second-order valence-electron chi connectivity index (χ2n) is 7.60. The third-order valence-electron chi connectivity index (χ3n) is 4.70. The van der Waals surface area contributed by atoms with E-state index in [-0.39, 0.29) is 5.24 Å². The molecule has 0 saturated heterocycles. The van der Waals surface area contributed by atoms with Crippen LogP contribution < -0.4 is 5.32 Å². The molecular formula is C24H27N5O2S. The number of ether oxygens (including phenoxy) is 1. The van der Waals surface area contributed by atoms with Crippen molar-refractivity contribution in [2.24, 2.45) is 5.10 Å². The van der Waals surface area contributed by atoms with E-state index in [0.29, 0.717) is 30.4 Å². The van der Waals surface area contributed by atoms with E-state index in [1.807, 2.05) is 50.5 Å². The fourth-order valence-electron chi connectivity index (χ4n) is 3.09. The van der Waals surface area contributed by atoms with Crippen LogP contribution in [0.15, 0.2) is 66.1 Å². The van der Waals surface area contributed by atoms with Crippen LogP contribution in [0.5, 0.6) is 0 Å². The second kappa shape index (κ2) is 11.4. The SMILES string of the molecule is C=C(Nc1cccc(CN2N=C(c3ccc(C#N)cc3)CSC2=O)c1)OCCCN(C)C. The van der Waals surface area contributed by atoms with Crippen LogP contribution in [0.25, 0.3) is 0 Å². The number of nitrogens with zero attached hydrogens (tertiary/aromatic N) is 4. The van der Waals surface area contributed by atoms with E-state index in [9.17, 15) is 4.79 Å². The van der Waals surface area contributed by atoms with E-state index < -0.39 is 0 Å². The molecule has 7 nitrogen and oxygen atoms in total. The summed E-state index contributed by atoms with van der Waals surface area (Å²) in [4.78, 5) is 14.5. The van der Waals surface area contributed by atoms with Gasteiger partial charge in [0.25, 0.3) is 0 Å². The quantitative estimate of drug-likeness (QED) is 0.425. The Morgan fingerprint density at radius 2 is 2.09 bits per heavy atom. The minimum absolute atomic E-state index is 0.0885. The zero-order valence-electron chi connectivity index (χ0n) is 18.4. The van der Waals surface area contributed by atoms with Gasteiger partial charge in [-0.3, -0.25) is 4.79 Å². The number of hydrogen-bond donors (Lipinski definition) is 1. The lowest BCUT2D eigenvalue weighted by Gasteiger charge is -2.23. The van der Waals surface area contributed by atoms with Crippen molar-refractivity contribution < 1.29 is 9.53 Å². The van der Waals surface area contributed by atoms with E-state index >= 15 is 0 Å². The number of thioether (sulfide) groups is 1. The van der Waals surface area contributed by atoms with E-state index in [1.165, 1.54) is 16.8 Å². The smallest absolute Gasteiger partial charge is 0.302 e. The maximum absolute atomic E-state index is 12.4. The minimum atomic E-state index is -0.0885. The molecule has 1 aliphatic rings. The van der Waals surface area contributed by atoms with Gasteiger partial charge in [0, 0.05) is 18.0 Å². The molecule has 0 atom stereocenters. The molecule has 0 unspecified atom stereocenters. The molecule has 1 heterocycles. The van der Waals surface area contributed by atoms with Gasteiger partial charge in [0.2, 0.25) is 0 Å². The molecule has 8 heteroatoms. The van der Waals surface area contributed by atoms with Gasteiger partial charge < -0.3 is 15.0 Å². The lowest BCUT2D eigenvalue weighted by Crippen LogP contribution is -2.29.